The number of anilines is 1. The molecule has 1 aromatic carbocycles. The summed E-state index contributed by atoms with van der Waals surface area (Å²) < 4.78 is 33.1. The van der Waals surface area contributed by atoms with Crippen LogP contribution in [-0.2, 0) is 14.3 Å². The Kier molecular flexibility index (Phi) is 5.93. The minimum atomic E-state index is -2.87. The lowest BCUT2D eigenvalue weighted by molar-refractivity contribution is -0.150. The van der Waals surface area contributed by atoms with E-state index in [1.807, 2.05) is 26.0 Å². The predicted octanol–water partition coefficient (Wildman–Crippen LogP) is 3.66. The number of amides is 2. The quantitative estimate of drug-likeness (QED) is 0.565. The van der Waals surface area contributed by atoms with Crippen LogP contribution in [0.25, 0.3) is 21.8 Å². The minimum Gasteiger partial charge on any atom is -0.372 e. The normalized spacial score (nSPS) is 22.1. The highest BCUT2D eigenvalue weighted by Crippen LogP contribution is 2.34. The number of hydrogen-bond donors (Lipinski definition) is 2. The Labute approximate surface area is 205 Å². The maximum Gasteiger partial charge on any atom is 0.267 e. The van der Waals surface area contributed by atoms with Gasteiger partial charge in [-0.1, -0.05) is 11.6 Å². The highest BCUT2D eigenvalue weighted by Gasteiger charge is 2.43. The third-order valence-corrected chi connectivity index (χ3v) is 6.77. The van der Waals surface area contributed by atoms with Gasteiger partial charge in [0.1, 0.15) is 6.04 Å². The number of halogens is 3. The Morgan fingerprint density at radius 1 is 1.29 bits per heavy atom. The molecule has 3 aromatic rings. The summed E-state index contributed by atoms with van der Waals surface area (Å²) in [7, 11) is 0. The molecule has 0 saturated carbocycles. The summed E-state index contributed by atoms with van der Waals surface area (Å²) in [6, 6.07) is 4.55. The predicted molar refractivity (Wildman–Crippen MR) is 129 cm³/mol. The molecule has 2 aliphatic heterocycles. The molecule has 35 heavy (non-hydrogen) atoms. The zero-order valence-corrected chi connectivity index (χ0v) is 20.2. The number of nitrogens with one attached hydrogen (secondary N) is 2. The van der Waals surface area contributed by atoms with Crippen molar-refractivity contribution in [1.29, 1.82) is 0 Å². The van der Waals surface area contributed by atoms with Crippen LogP contribution in [0.5, 0.6) is 0 Å². The van der Waals surface area contributed by atoms with Crippen molar-refractivity contribution in [2.75, 3.05) is 38.1 Å². The van der Waals surface area contributed by atoms with Crippen LogP contribution in [0, 0.1) is 0 Å². The zero-order chi connectivity index (χ0) is 25.0. The maximum absolute atomic E-state index is 13.6. The van der Waals surface area contributed by atoms with Gasteiger partial charge in [-0.25, -0.2) is 8.78 Å². The highest BCUT2D eigenvalue weighted by atomic mass is 35.5. The second kappa shape index (κ2) is 8.69. The van der Waals surface area contributed by atoms with Crippen LogP contribution in [0.4, 0.5) is 14.5 Å². The van der Waals surface area contributed by atoms with Gasteiger partial charge in [-0.05, 0) is 32.0 Å². The number of ether oxygens (including phenoxy) is 1. The number of aromatic nitrogens is 2. The van der Waals surface area contributed by atoms with Gasteiger partial charge in [0.2, 0.25) is 11.8 Å². The molecule has 2 saturated heterocycles. The Balaban J connectivity index is 1.39. The van der Waals surface area contributed by atoms with Crippen LogP contribution in [0.2, 0.25) is 5.02 Å². The van der Waals surface area contributed by atoms with E-state index in [4.69, 9.17) is 16.3 Å². The van der Waals surface area contributed by atoms with Crippen LogP contribution in [0.1, 0.15) is 20.3 Å². The molecule has 8 nitrogen and oxygen atoms in total. The number of benzene rings is 1. The number of nitrogens with zero attached hydrogens (tertiary/aromatic N) is 3. The average Bonchev–Trinajstić information content (AvgIpc) is 3.33. The Hall–Kier alpha value is -2.82. The van der Waals surface area contributed by atoms with Gasteiger partial charge in [0.25, 0.3) is 5.92 Å². The van der Waals surface area contributed by atoms with E-state index in [9.17, 15) is 18.4 Å². The lowest BCUT2D eigenvalue weighted by atomic mass is 10.0. The number of carbonyl (C=O) groups is 2. The van der Waals surface area contributed by atoms with Crippen molar-refractivity contribution in [2.24, 2.45) is 0 Å². The maximum atomic E-state index is 13.6. The van der Waals surface area contributed by atoms with Gasteiger partial charge in [0, 0.05) is 41.5 Å². The monoisotopic (exact) mass is 505 g/mol. The van der Waals surface area contributed by atoms with Crippen LogP contribution in [0.3, 0.4) is 0 Å². The number of hydrogen-bond acceptors (Lipinski definition) is 5. The molecule has 2 aromatic heterocycles. The van der Waals surface area contributed by atoms with Crippen LogP contribution < -0.4 is 5.32 Å². The van der Waals surface area contributed by atoms with Crippen molar-refractivity contribution < 1.29 is 23.1 Å². The number of morpholine rings is 1. The number of rotatable bonds is 4. The van der Waals surface area contributed by atoms with Crippen molar-refractivity contribution in [3.8, 4) is 0 Å². The second-order valence-corrected chi connectivity index (χ2v) is 10.3. The summed E-state index contributed by atoms with van der Waals surface area (Å²) in [5, 5.41) is 5.14. The fourth-order valence-electron chi connectivity index (χ4n) is 4.82. The molecule has 4 heterocycles. The van der Waals surface area contributed by atoms with Gasteiger partial charge in [0.05, 0.1) is 48.2 Å². The van der Waals surface area contributed by atoms with Crippen molar-refractivity contribution in [3.05, 3.63) is 35.6 Å². The first kappa shape index (κ1) is 23.9. The summed E-state index contributed by atoms with van der Waals surface area (Å²) in [4.78, 5) is 36.5. The SMILES string of the molecule is CC1(C)CN(CC(=O)N2CCC(F)(F)C2)C(C(=O)Nc2cc(Cl)cc3c2[nH]c2cnccc23)CO1. The molecule has 186 valence electrons. The highest BCUT2D eigenvalue weighted by molar-refractivity contribution is 6.33. The Bertz CT molecular complexity index is 1310. The van der Waals surface area contributed by atoms with Gasteiger partial charge >= 0.3 is 0 Å². The third kappa shape index (κ3) is 4.82. The van der Waals surface area contributed by atoms with E-state index in [1.54, 1.807) is 23.4 Å². The second-order valence-electron chi connectivity index (χ2n) is 9.82. The number of H-pyrrole nitrogens is 1. The fraction of sp³-hybridized carbons (Fsp3) is 0.458. The number of likely N-dealkylation sites (tertiary alicyclic amines) is 1. The summed E-state index contributed by atoms with van der Waals surface area (Å²) in [5.74, 6) is -3.67. The minimum absolute atomic E-state index is 0.00612. The Morgan fingerprint density at radius 3 is 2.83 bits per heavy atom. The van der Waals surface area contributed by atoms with E-state index in [-0.39, 0.29) is 32.0 Å². The van der Waals surface area contributed by atoms with Gasteiger partial charge in [0.15, 0.2) is 0 Å². The molecule has 0 aliphatic carbocycles. The fourth-order valence-corrected chi connectivity index (χ4v) is 5.04. The molecule has 0 bridgehead atoms. The third-order valence-electron chi connectivity index (χ3n) is 6.55. The number of fused-ring (bicyclic) bond motifs is 3. The topological polar surface area (TPSA) is 90.6 Å². The standard InChI is InChI=1S/C24H26ClF2N5O3/c1-23(2)12-32(10-20(33)31-6-4-24(26,27)13-31)19(11-35-23)22(34)30-17-8-14(25)7-16-15-3-5-28-9-18(15)29-21(16)17/h3,5,7-9,19,29H,4,6,10-13H2,1-2H3,(H,30,34). The van der Waals surface area contributed by atoms with E-state index in [2.05, 4.69) is 15.3 Å². The molecule has 11 heteroatoms. The van der Waals surface area contributed by atoms with Crippen molar-refractivity contribution in [2.45, 2.75) is 37.8 Å². The first-order valence-corrected chi connectivity index (χ1v) is 11.8. The van der Waals surface area contributed by atoms with Crippen LogP contribution in [-0.4, -0.2) is 81.9 Å². The molecule has 2 amide bonds. The molecule has 2 aliphatic rings. The van der Waals surface area contributed by atoms with E-state index < -0.39 is 30.0 Å². The van der Waals surface area contributed by atoms with E-state index in [1.165, 1.54) is 0 Å². The molecule has 0 radical (unpaired) electrons. The van der Waals surface area contributed by atoms with Gasteiger partial charge in [-0.2, -0.15) is 0 Å². The number of alkyl halides is 2. The number of pyridine rings is 1. The lowest BCUT2D eigenvalue weighted by Gasteiger charge is -2.42. The Morgan fingerprint density at radius 2 is 2.09 bits per heavy atom. The van der Waals surface area contributed by atoms with Crippen molar-refractivity contribution in [1.82, 2.24) is 19.8 Å². The summed E-state index contributed by atoms with van der Waals surface area (Å²) in [6.45, 7) is 3.35. The van der Waals surface area contributed by atoms with E-state index >= 15 is 0 Å². The van der Waals surface area contributed by atoms with Crippen molar-refractivity contribution in [3.63, 3.8) is 0 Å². The molecule has 2 N–H and O–H groups in total. The summed E-state index contributed by atoms with van der Waals surface area (Å²) in [6.07, 6.45) is 3.03. The molecule has 1 atom stereocenters. The van der Waals surface area contributed by atoms with Gasteiger partial charge < -0.3 is 19.9 Å². The summed E-state index contributed by atoms with van der Waals surface area (Å²) >= 11 is 6.35. The van der Waals surface area contributed by atoms with Crippen LogP contribution in [0.15, 0.2) is 30.6 Å². The van der Waals surface area contributed by atoms with Crippen molar-refractivity contribution >= 4 is 50.9 Å². The lowest BCUT2D eigenvalue weighted by Crippen LogP contribution is -2.60. The number of aromatic amines is 1. The first-order valence-electron chi connectivity index (χ1n) is 11.4. The van der Waals surface area contributed by atoms with Crippen LogP contribution >= 0.6 is 11.6 Å². The summed E-state index contributed by atoms with van der Waals surface area (Å²) in [5.41, 5.74) is 1.39. The van der Waals surface area contributed by atoms with Gasteiger partial charge in [-0.3, -0.25) is 19.5 Å². The molecule has 2 fully saturated rings. The molecular weight excluding hydrogens is 480 g/mol. The molecule has 5 rings (SSSR count). The molecular formula is C24H26ClF2N5O3. The van der Waals surface area contributed by atoms with Gasteiger partial charge in [-0.15, -0.1) is 0 Å². The molecule has 1 unspecified atom stereocenters. The first-order chi connectivity index (χ1) is 16.5. The van der Waals surface area contributed by atoms with E-state index in [0.717, 1.165) is 21.2 Å². The molecule has 0 spiro atoms. The zero-order valence-electron chi connectivity index (χ0n) is 19.4. The largest absolute Gasteiger partial charge is 0.372 e. The smallest absolute Gasteiger partial charge is 0.267 e. The number of carbonyl (C=O) groups excluding carboxylic acids is 2. The van der Waals surface area contributed by atoms with E-state index in [0.29, 0.717) is 22.8 Å². The average molecular weight is 506 g/mol.